The van der Waals surface area contributed by atoms with Crippen molar-refractivity contribution in [1.82, 2.24) is 0 Å². The lowest BCUT2D eigenvalue weighted by molar-refractivity contribution is -0.137. The number of phenolic OH excluding ortho intramolecular Hbond substituents is 1. The molecule has 0 unspecified atom stereocenters. The van der Waals surface area contributed by atoms with Gasteiger partial charge in [0.25, 0.3) is 5.91 Å². The highest BCUT2D eigenvalue weighted by atomic mass is 35.5. The minimum absolute atomic E-state index is 0.0813. The molecule has 3 N–H and O–H groups in total. The summed E-state index contributed by atoms with van der Waals surface area (Å²) in [5.74, 6) is -0.929. The number of aromatic hydroxyl groups is 1. The van der Waals surface area contributed by atoms with Gasteiger partial charge < -0.3 is 10.4 Å². The second-order valence-electron chi connectivity index (χ2n) is 7.42. The van der Waals surface area contributed by atoms with Crippen LogP contribution in [0.4, 0.5) is 24.5 Å². The average molecular weight is 547 g/mol. The Balaban J connectivity index is 1.75. The van der Waals surface area contributed by atoms with Crippen molar-refractivity contribution in [3.05, 3.63) is 76.8 Å². The van der Waals surface area contributed by atoms with Gasteiger partial charge in [-0.05, 0) is 54.4 Å². The average Bonchev–Trinajstić information content (AvgIpc) is 2.79. The van der Waals surface area contributed by atoms with E-state index < -0.39 is 27.7 Å². The van der Waals surface area contributed by atoms with Crippen LogP contribution in [-0.2, 0) is 16.2 Å². The fourth-order valence-electron chi connectivity index (χ4n) is 3.09. The molecule has 0 saturated carbocycles. The lowest BCUT2D eigenvalue weighted by atomic mass is 10.0. The molecule has 0 spiro atoms. The fraction of sp³-hybridized carbons (Fsp3) is 0.174. The number of phenols is 1. The standard InChI is InChI=1S/C23H19Cl2F3N2O4S/c24-10-1-11-35(33,34)30-20-13-17(7-9-21(20)31)29-22(32)15-4-2-14(3-5-15)18-8-6-16(12-19(18)25)23(26,27)28/h2-9,12-13,30-31H,1,10-11H2,(H,29,32). The van der Waals surface area contributed by atoms with E-state index in [1.165, 1.54) is 48.5 Å². The summed E-state index contributed by atoms with van der Waals surface area (Å²) in [5.41, 5.74) is 0.364. The monoisotopic (exact) mass is 546 g/mol. The van der Waals surface area contributed by atoms with Gasteiger partial charge in [-0.15, -0.1) is 11.6 Å². The van der Waals surface area contributed by atoms with Gasteiger partial charge in [-0.2, -0.15) is 13.2 Å². The van der Waals surface area contributed by atoms with Crippen LogP contribution in [0.2, 0.25) is 5.02 Å². The summed E-state index contributed by atoms with van der Waals surface area (Å²) in [4.78, 5) is 12.6. The quantitative estimate of drug-likeness (QED) is 0.174. The molecule has 0 aliphatic rings. The van der Waals surface area contributed by atoms with E-state index in [9.17, 15) is 31.5 Å². The first-order valence-electron chi connectivity index (χ1n) is 10.1. The number of nitrogens with one attached hydrogen (secondary N) is 2. The van der Waals surface area contributed by atoms with Crippen molar-refractivity contribution < 1.29 is 31.5 Å². The molecule has 0 bridgehead atoms. The molecule has 0 aliphatic heterocycles. The Hall–Kier alpha value is -2.95. The molecular formula is C23H19Cl2F3N2O4S. The Morgan fingerprint density at radius 3 is 2.29 bits per heavy atom. The van der Waals surface area contributed by atoms with E-state index in [1.54, 1.807) is 0 Å². The Morgan fingerprint density at radius 2 is 1.69 bits per heavy atom. The first kappa shape index (κ1) is 26.7. The van der Waals surface area contributed by atoms with Crippen molar-refractivity contribution in [3.8, 4) is 16.9 Å². The third-order valence-electron chi connectivity index (χ3n) is 4.82. The number of anilines is 2. The fourth-order valence-corrected chi connectivity index (χ4v) is 4.80. The first-order chi connectivity index (χ1) is 16.4. The van der Waals surface area contributed by atoms with Gasteiger partial charge in [-0.3, -0.25) is 9.52 Å². The summed E-state index contributed by atoms with van der Waals surface area (Å²) >= 11 is 11.5. The first-order valence-corrected chi connectivity index (χ1v) is 12.6. The molecule has 0 aromatic heterocycles. The summed E-state index contributed by atoms with van der Waals surface area (Å²) in [5, 5.41) is 12.5. The zero-order chi connectivity index (χ0) is 25.8. The lowest BCUT2D eigenvalue weighted by Gasteiger charge is -2.12. The number of amides is 1. The highest BCUT2D eigenvalue weighted by Gasteiger charge is 2.31. The van der Waals surface area contributed by atoms with E-state index in [2.05, 4.69) is 10.0 Å². The third kappa shape index (κ3) is 7.03. The highest BCUT2D eigenvalue weighted by molar-refractivity contribution is 7.92. The van der Waals surface area contributed by atoms with Gasteiger partial charge in [0.2, 0.25) is 10.0 Å². The van der Waals surface area contributed by atoms with Crippen LogP contribution in [0, 0.1) is 0 Å². The third-order valence-corrected chi connectivity index (χ3v) is 6.76. The molecule has 1 amide bonds. The summed E-state index contributed by atoms with van der Waals surface area (Å²) in [6.45, 7) is 0. The number of rotatable bonds is 8. The van der Waals surface area contributed by atoms with Crippen molar-refractivity contribution >= 4 is 50.5 Å². The lowest BCUT2D eigenvalue weighted by Crippen LogP contribution is -2.17. The molecular weight excluding hydrogens is 528 g/mol. The van der Waals surface area contributed by atoms with Gasteiger partial charge >= 0.3 is 6.18 Å². The minimum atomic E-state index is -4.51. The van der Waals surface area contributed by atoms with Gasteiger partial charge in [-0.1, -0.05) is 29.8 Å². The van der Waals surface area contributed by atoms with Crippen LogP contribution in [-0.4, -0.2) is 31.1 Å². The van der Waals surface area contributed by atoms with Gasteiger partial charge in [0, 0.05) is 27.7 Å². The normalized spacial score (nSPS) is 11.8. The summed E-state index contributed by atoms with van der Waals surface area (Å²) in [6.07, 6.45) is -4.29. The van der Waals surface area contributed by atoms with Crippen LogP contribution in [0.1, 0.15) is 22.3 Å². The predicted octanol–water partition coefficient (Wildman–Crippen LogP) is 6.35. The van der Waals surface area contributed by atoms with Gasteiger partial charge in [0.15, 0.2) is 0 Å². The van der Waals surface area contributed by atoms with E-state index in [-0.39, 0.29) is 45.8 Å². The largest absolute Gasteiger partial charge is 0.506 e. The number of halogens is 5. The molecule has 12 heteroatoms. The van der Waals surface area contributed by atoms with Crippen molar-refractivity contribution in [3.63, 3.8) is 0 Å². The van der Waals surface area contributed by atoms with Crippen molar-refractivity contribution in [2.45, 2.75) is 12.6 Å². The number of carbonyl (C=O) groups is 1. The number of sulfonamides is 1. The molecule has 186 valence electrons. The van der Waals surface area contributed by atoms with Gasteiger partial charge in [0.05, 0.1) is 17.0 Å². The molecule has 3 aromatic rings. The number of benzene rings is 3. The number of carbonyl (C=O) groups excluding carboxylic acids is 1. The Bertz CT molecular complexity index is 1330. The maximum atomic E-state index is 12.8. The molecule has 3 aromatic carbocycles. The van der Waals surface area contributed by atoms with Gasteiger partial charge in [0.1, 0.15) is 5.75 Å². The molecule has 35 heavy (non-hydrogen) atoms. The minimum Gasteiger partial charge on any atom is -0.506 e. The summed E-state index contributed by atoms with van der Waals surface area (Å²) in [7, 11) is -3.74. The topological polar surface area (TPSA) is 95.5 Å². The summed E-state index contributed by atoms with van der Waals surface area (Å²) < 4.78 is 64.9. The Labute approximate surface area is 209 Å². The van der Waals surface area contributed by atoms with E-state index in [1.807, 2.05) is 0 Å². The van der Waals surface area contributed by atoms with E-state index >= 15 is 0 Å². The number of alkyl halides is 4. The predicted molar refractivity (Wildman–Crippen MR) is 131 cm³/mol. The summed E-state index contributed by atoms with van der Waals surface area (Å²) in [6, 6.07) is 12.9. The van der Waals surface area contributed by atoms with E-state index in [0.29, 0.717) is 11.1 Å². The van der Waals surface area contributed by atoms with Crippen LogP contribution in [0.15, 0.2) is 60.7 Å². The second-order valence-corrected chi connectivity index (χ2v) is 10.0. The Kier molecular flexibility index (Phi) is 8.19. The molecule has 0 fully saturated rings. The molecule has 0 aliphatic carbocycles. The molecule has 6 nitrogen and oxygen atoms in total. The van der Waals surface area contributed by atoms with Crippen molar-refractivity contribution in [1.29, 1.82) is 0 Å². The van der Waals surface area contributed by atoms with E-state index in [0.717, 1.165) is 12.1 Å². The molecule has 0 heterocycles. The van der Waals surface area contributed by atoms with Crippen molar-refractivity contribution in [2.75, 3.05) is 21.7 Å². The molecule has 0 radical (unpaired) electrons. The van der Waals surface area contributed by atoms with Crippen LogP contribution < -0.4 is 10.0 Å². The molecule has 3 rings (SSSR count). The Morgan fingerprint density at radius 1 is 1.00 bits per heavy atom. The number of hydrogen-bond acceptors (Lipinski definition) is 4. The second kappa shape index (κ2) is 10.8. The zero-order valence-electron chi connectivity index (χ0n) is 17.9. The van der Waals surface area contributed by atoms with Crippen LogP contribution in [0.5, 0.6) is 5.75 Å². The van der Waals surface area contributed by atoms with Crippen molar-refractivity contribution in [2.24, 2.45) is 0 Å². The van der Waals surface area contributed by atoms with Crippen LogP contribution >= 0.6 is 23.2 Å². The van der Waals surface area contributed by atoms with Crippen LogP contribution in [0.3, 0.4) is 0 Å². The SMILES string of the molecule is O=C(Nc1ccc(O)c(NS(=O)(=O)CCCCl)c1)c1ccc(-c2ccc(C(F)(F)F)cc2Cl)cc1. The molecule has 0 atom stereocenters. The van der Waals surface area contributed by atoms with E-state index in [4.69, 9.17) is 23.2 Å². The maximum Gasteiger partial charge on any atom is 0.416 e. The molecule has 0 saturated heterocycles. The van der Waals surface area contributed by atoms with Gasteiger partial charge in [-0.25, -0.2) is 8.42 Å². The smallest absolute Gasteiger partial charge is 0.416 e. The maximum absolute atomic E-state index is 12.8. The highest BCUT2D eigenvalue weighted by Crippen LogP contribution is 2.35. The van der Waals surface area contributed by atoms with Crippen LogP contribution in [0.25, 0.3) is 11.1 Å². The zero-order valence-corrected chi connectivity index (χ0v) is 20.2. The number of hydrogen-bond donors (Lipinski definition) is 3.